The molecule has 0 bridgehead atoms. The van der Waals surface area contributed by atoms with E-state index in [1.165, 1.54) is 47.4 Å². The van der Waals surface area contributed by atoms with Gasteiger partial charge in [-0.2, -0.15) is 0 Å². The molecule has 3 rings (SSSR count). The quantitative estimate of drug-likeness (QED) is 0.313. The fourth-order valence-electron chi connectivity index (χ4n) is 2.69. The van der Waals surface area contributed by atoms with Crippen molar-refractivity contribution in [2.24, 2.45) is 0 Å². The van der Waals surface area contributed by atoms with Crippen LogP contribution < -0.4 is 10.6 Å². The number of nitro groups is 1. The minimum atomic E-state index is -0.529. The van der Waals surface area contributed by atoms with Crippen LogP contribution in [0.2, 0.25) is 0 Å². The highest BCUT2D eigenvalue weighted by atomic mass is 32.2. The van der Waals surface area contributed by atoms with Gasteiger partial charge in [0, 0.05) is 23.7 Å². The molecule has 1 aliphatic carbocycles. The second-order valence-corrected chi connectivity index (χ2v) is 8.17. The third kappa shape index (κ3) is 5.47. The molecule has 0 atom stereocenters. The molecule has 2 aromatic rings. The summed E-state index contributed by atoms with van der Waals surface area (Å²) in [6.45, 7) is 0. The van der Waals surface area contributed by atoms with Gasteiger partial charge in [0.05, 0.1) is 10.7 Å². The SMILES string of the molecule is O=C(CSc1nnc(NC(=O)c2ccc([N+](=O)[O-])cc2)s1)NC1CCCC1. The van der Waals surface area contributed by atoms with Crippen LogP contribution in [-0.4, -0.2) is 38.7 Å². The Morgan fingerprint density at radius 1 is 1.22 bits per heavy atom. The van der Waals surface area contributed by atoms with Gasteiger partial charge in [-0.05, 0) is 25.0 Å². The largest absolute Gasteiger partial charge is 0.353 e. The summed E-state index contributed by atoms with van der Waals surface area (Å²) >= 11 is 2.44. The molecule has 0 aliphatic heterocycles. The molecule has 1 heterocycles. The maximum absolute atomic E-state index is 12.2. The van der Waals surface area contributed by atoms with Gasteiger partial charge in [-0.3, -0.25) is 25.0 Å². The first-order chi connectivity index (χ1) is 13.0. The first-order valence-electron chi connectivity index (χ1n) is 8.33. The number of non-ortho nitro benzene ring substituents is 1. The van der Waals surface area contributed by atoms with Gasteiger partial charge in [-0.25, -0.2) is 0 Å². The van der Waals surface area contributed by atoms with Crippen LogP contribution in [0, 0.1) is 10.1 Å². The van der Waals surface area contributed by atoms with Crippen LogP contribution in [0.5, 0.6) is 0 Å². The summed E-state index contributed by atoms with van der Waals surface area (Å²) in [5.74, 6) is -0.211. The second-order valence-electron chi connectivity index (χ2n) is 5.97. The summed E-state index contributed by atoms with van der Waals surface area (Å²) in [5, 5.41) is 24.4. The number of aromatic nitrogens is 2. The highest BCUT2D eigenvalue weighted by molar-refractivity contribution is 8.01. The minimum absolute atomic E-state index is 0.0291. The lowest BCUT2D eigenvalue weighted by Crippen LogP contribution is -2.33. The smallest absolute Gasteiger partial charge is 0.269 e. The number of carbonyl (C=O) groups is 2. The van der Waals surface area contributed by atoms with E-state index in [4.69, 9.17) is 0 Å². The number of nitrogens with one attached hydrogen (secondary N) is 2. The van der Waals surface area contributed by atoms with E-state index in [1.54, 1.807) is 0 Å². The van der Waals surface area contributed by atoms with Crippen molar-refractivity contribution in [1.82, 2.24) is 15.5 Å². The molecule has 2 N–H and O–H groups in total. The average molecular weight is 407 g/mol. The van der Waals surface area contributed by atoms with Crippen LogP contribution in [0.25, 0.3) is 0 Å². The molecule has 0 spiro atoms. The molecule has 1 aromatic carbocycles. The van der Waals surface area contributed by atoms with Crippen molar-refractivity contribution in [3.8, 4) is 0 Å². The van der Waals surface area contributed by atoms with Crippen molar-refractivity contribution >= 4 is 45.7 Å². The lowest BCUT2D eigenvalue weighted by molar-refractivity contribution is -0.384. The Kier molecular flexibility index (Phi) is 6.35. The number of hydrogen-bond donors (Lipinski definition) is 2. The Labute approximate surface area is 163 Å². The molecule has 9 nitrogen and oxygen atoms in total. The van der Waals surface area contributed by atoms with Gasteiger partial charge in [-0.1, -0.05) is 35.9 Å². The molecule has 1 aromatic heterocycles. The van der Waals surface area contributed by atoms with E-state index < -0.39 is 10.8 Å². The predicted octanol–water partition coefficient (Wildman–Crippen LogP) is 2.85. The molecule has 1 fully saturated rings. The third-order valence-electron chi connectivity index (χ3n) is 4.01. The normalized spacial score (nSPS) is 14.1. The Morgan fingerprint density at radius 2 is 1.93 bits per heavy atom. The highest BCUT2D eigenvalue weighted by Gasteiger charge is 2.18. The second kappa shape index (κ2) is 8.91. The van der Waals surface area contributed by atoms with E-state index in [-0.39, 0.29) is 29.0 Å². The van der Waals surface area contributed by atoms with Gasteiger partial charge in [0.25, 0.3) is 11.6 Å². The monoisotopic (exact) mass is 407 g/mol. The third-order valence-corrected chi connectivity index (χ3v) is 5.99. The first kappa shape index (κ1) is 19.2. The van der Waals surface area contributed by atoms with E-state index in [9.17, 15) is 19.7 Å². The van der Waals surface area contributed by atoms with Gasteiger partial charge in [-0.15, -0.1) is 10.2 Å². The van der Waals surface area contributed by atoms with Gasteiger partial charge < -0.3 is 5.32 Å². The van der Waals surface area contributed by atoms with Crippen molar-refractivity contribution in [3.05, 3.63) is 39.9 Å². The van der Waals surface area contributed by atoms with E-state index >= 15 is 0 Å². The molecule has 0 radical (unpaired) electrons. The van der Waals surface area contributed by atoms with Crippen LogP contribution in [0.3, 0.4) is 0 Å². The molecule has 2 amide bonds. The predicted molar refractivity (Wildman–Crippen MR) is 102 cm³/mol. The number of amides is 2. The molecule has 0 saturated heterocycles. The van der Waals surface area contributed by atoms with Crippen molar-refractivity contribution in [1.29, 1.82) is 0 Å². The van der Waals surface area contributed by atoms with Gasteiger partial charge >= 0.3 is 0 Å². The summed E-state index contributed by atoms with van der Waals surface area (Å²) in [5.41, 5.74) is 0.193. The van der Waals surface area contributed by atoms with E-state index in [0.29, 0.717) is 9.47 Å². The Bertz CT molecular complexity index is 834. The highest BCUT2D eigenvalue weighted by Crippen LogP contribution is 2.26. The number of nitrogens with zero attached hydrogens (tertiary/aromatic N) is 3. The topological polar surface area (TPSA) is 127 Å². The summed E-state index contributed by atoms with van der Waals surface area (Å²) in [6, 6.07) is 5.55. The fraction of sp³-hybridized carbons (Fsp3) is 0.375. The molecular weight excluding hydrogens is 390 g/mol. The maximum atomic E-state index is 12.2. The van der Waals surface area contributed by atoms with Gasteiger partial charge in [0.1, 0.15) is 0 Å². The summed E-state index contributed by atoms with van der Waals surface area (Å²) in [4.78, 5) is 34.2. The first-order valence-corrected chi connectivity index (χ1v) is 10.1. The molecule has 142 valence electrons. The Morgan fingerprint density at radius 3 is 2.59 bits per heavy atom. The molecule has 0 unspecified atom stereocenters. The van der Waals surface area contributed by atoms with Crippen molar-refractivity contribution in [2.75, 3.05) is 11.1 Å². The zero-order chi connectivity index (χ0) is 19.2. The van der Waals surface area contributed by atoms with E-state index in [0.717, 1.165) is 25.7 Å². The van der Waals surface area contributed by atoms with Crippen molar-refractivity contribution < 1.29 is 14.5 Å². The Balaban J connectivity index is 1.48. The molecule has 27 heavy (non-hydrogen) atoms. The Hall–Kier alpha value is -2.53. The van der Waals surface area contributed by atoms with Crippen molar-refractivity contribution in [3.63, 3.8) is 0 Å². The summed E-state index contributed by atoms with van der Waals surface area (Å²) in [7, 11) is 0. The van der Waals surface area contributed by atoms with Crippen LogP contribution in [0.15, 0.2) is 28.6 Å². The number of anilines is 1. The van der Waals surface area contributed by atoms with Crippen molar-refractivity contribution in [2.45, 2.75) is 36.1 Å². The standard InChI is InChI=1S/C16H17N5O4S2/c22-13(17-11-3-1-2-4-11)9-26-16-20-19-15(27-16)18-14(23)10-5-7-12(8-6-10)21(24)25/h5-8,11H,1-4,9H2,(H,17,22)(H,18,19,23). The summed E-state index contributed by atoms with van der Waals surface area (Å²) < 4.78 is 0.579. The van der Waals surface area contributed by atoms with Crippen LogP contribution in [0.1, 0.15) is 36.0 Å². The number of benzene rings is 1. The lowest BCUT2D eigenvalue weighted by atomic mass is 10.2. The minimum Gasteiger partial charge on any atom is -0.353 e. The van der Waals surface area contributed by atoms with Crippen LogP contribution in [-0.2, 0) is 4.79 Å². The fourth-order valence-corrected chi connectivity index (χ4v) is 4.25. The van der Waals surface area contributed by atoms with Crippen LogP contribution >= 0.6 is 23.1 Å². The maximum Gasteiger partial charge on any atom is 0.269 e. The number of carbonyl (C=O) groups excluding carboxylic acids is 2. The number of thioether (sulfide) groups is 1. The lowest BCUT2D eigenvalue weighted by Gasteiger charge is -2.10. The number of hydrogen-bond acceptors (Lipinski definition) is 8. The number of rotatable bonds is 7. The zero-order valence-electron chi connectivity index (χ0n) is 14.2. The average Bonchev–Trinajstić information content (AvgIpc) is 3.32. The molecule has 11 heteroatoms. The van der Waals surface area contributed by atoms with E-state index in [2.05, 4.69) is 20.8 Å². The van der Waals surface area contributed by atoms with Gasteiger partial charge in [0.2, 0.25) is 11.0 Å². The van der Waals surface area contributed by atoms with Crippen LogP contribution in [0.4, 0.5) is 10.8 Å². The summed E-state index contributed by atoms with van der Waals surface area (Å²) in [6.07, 6.45) is 4.39. The zero-order valence-corrected chi connectivity index (χ0v) is 15.8. The molecule has 1 aliphatic rings. The number of nitro benzene ring substituents is 1. The molecule has 1 saturated carbocycles. The van der Waals surface area contributed by atoms with E-state index in [1.807, 2.05) is 0 Å². The van der Waals surface area contributed by atoms with Gasteiger partial charge in [0.15, 0.2) is 4.34 Å². The molecular formula is C16H17N5O4S2.